The number of nitrogens with one attached hydrogen (secondary N) is 2. The molecule has 2 aromatic rings. The van der Waals surface area contributed by atoms with Gasteiger partial charge in [-0.2, -0.15) is 0 Å². The summed E-state index contributed by atoms with van der Waals surface area (Å²) in [5.74, 6) is -0.0765. The van der Waals surface area contributed by atoms with Crippen LogP contribution >= 0.6 is 11.3 Å². The molecule has 29 heavy (non-hydrogen) atoms. The first-order valence-corrected chi connectivity index (χ1v) is 11.4. The predicted molar refractivity (Wildman–Crippen MR) is 125 cm³/mol. The molecule has 1 aromatic heterocycles. The van der Waals surface area contributed by atoms with Gasteiger partial charge >= 0.3 is 0 Å². The average molecular weight is 416 g/mol. The van der Waals surface area contributed by atoms with Crippen LogP contribution in [0.4, 0.5) is 5.13 Å². The van der Waals surface area contributed by atoms with Crippen LogP contribution in [0, 0.1) is 10.8 Å². The van der Waals surface area contributed by atoms with Crippen LogP contribution in [0.2, 0.25) is 0 Å². The second-order valence-corrected chi connectivity index (χ2v) is 10.9. The van der Waals surface area contributed by atoms with Crippen LogP contribution in [0.5, 0.6) is 0 Å². The molecule has 0 bridgehead atoms. The molecule has 2 N–H and O–H groups in total. The van der Waals surface area contributed by atoms with Gasteiger partial charge in [-0.3, -0.25) is 4.79 Å². The number of thiazole rings is 1. The summed E-state index contributed by atoms with van der Waals surface area (Å²) in [5, 5.41) is 9.25. The van der Waals surface area contributed by atoms with Gasteiger partial charge in [0.25, 0.3) is 0 Å². The third-order valence-corrected chi connectivity index (χ3v) is 5.80. The van der Waals surface area contributed by atoms with Gasteiger partial charge in [-0.25, -0.2) is 4.98 Å². The van der Waals surface area contributed by atoms with Crippen molar-refractivity contribution in [3.63, 3.8) is 0 Å². The van der Waals surface area contributed by atoms with Crippen molar-refractivity contribution in [1.29, 1.82) is 0 Å². The summed E-state index contributed by atoms with van der Waals surface area (Å²) in [6, 6.07) is 9.32. The number of amides is 1. The van der Waals surface area contributed by atoms with Crippen LogP contribution in [-0.4, -0.2) is 23.5 Å². The van der Waals surface area contributed by atoms with E-state index < -0.39 is 0 Å². The highest BCUT2D eigenvalue weighted by molar-refractivity contribution is 7.13. The molecule has 5 heteroatoms. The van der Waals surface area contributed by atoms with Gasteiger partial charge in [-0.15, -0.1) is 11.3 Å². The summed E-state index contributed by atoms with van der Waals surface area (Å²) < 4.78 is 0. The van der Waals surface area contributed by atoms with Gasteiger partial charge in [-0.05, 0) is 47.8 Å². The van der Waals surface area contributed by atoms with Crippen molar-refractivity contribution in [1.82, 2.24) is 10.3 Å². The number of carbonyl (C=O) groups is 1. The molecule has 160 valence electrons. The highest BCUT2D eigenvalue weighted by Crippen LogP contribution is 2.33. The Morgan fingerprint density at radius 2 is 1.66 bits per heavy atom. The van der Waals surface area contributed by atoms with E-state index in [1.807, 2.05) is 5.38 Å². The largest absolute Gasteiger partial charge is 0.313 e. The maximum Gasteiger partial charge on any atom is 0.223 e. The lowest BCUT2D eigenvalue weighted by molar-refractivity contribution is -0.114. The van der Waals surface area contributed by atoms with Gasteiger partial charge in [0.15, 0.2) is 5.13 Å². The number of hydrogen-bond acceptors (Lipinski definition) is 4. The van der Waals surface area contributed by atoms with Crippen molar-refractivity contribution in [3.05, 3.63) is 46.5 Å². The Labute approximate surface area is 180 Å². The SMILES string of the molecule is CC(=O)Nc1nc(CCc2cccc(CCNC(C(C)(C)C)C(C)(C)C)c2)cs1. The highest BCUT2D eigenvalue weighted by Gasteiger charge is 2.34. The van der Waals surface area contributed by atoms with Crippen LogP contribution in [0.15, 0.2) is 29.6 Å². The fourth-order valence-electron chi connectivity index (χ4n) is 4.12. The van der Waals surface area contributed by atoms with E-state index in [0.717, 1.165) is 31.5 Å². The molecule has 0 saturated heterocycles. The third kappa shape index (κ3) is 7.90. The number of carbonyl (C=O) groups excluding carboxylic acids is 1. The summed E-state index contributed by atoms with van der Waals surface area (Å²) in [6.45, 7) is 16.4. The molecule has 0 aliphatic rings. The third-order valence-electron chi connectivity index (χ3n) is 4.99. The number of rotatable bonds is 8. The van der Waals surface area contributed by atoms with Crippen LogP contribution in [0.25, 0.3) is 0 Å². The van der Waals surface area contributed by atoms with Crippen molar-refractivity contribution < 1.29 is 4.79 Å². The molecule has 1 amide bonds. The Morgan fingerprint density at radius 3 is 2.24 bits per heavy atom. The molecule has 1 aromatic carbocycles. The van der Waals surface area contributed by atoms with Crippen LogP contribution in [-0.2, 0) is 24.1 Å². The van der Waals surface area contributed by atoms with Crippen molar-refractivity contribution in [2.24, 2.45) is 10.8 Å². The molecule has 0 unspecified atom stereocenters. The Balaban J connectivity index is 1.89. The number of benzene rings is 1. The number of anilines is 1. The molecular formula is C24H37N3OS. The molecule has 0 spiro atoms. The van der Waals surface area contributed by atoms with E-state index in [4.69, 9.17) is 0 Å². The molecule has 0 aliphatic carbocycles. The van der Waals surface area contributed by atoms with Gasteiger partial charge in [0.1, 0.15) is 0 Å². The quantitative estimate of drug-likeness (QED) is 0.600. The summed E-state index contributed by atoms with van der Waals surface area (Å²) in [4.78, 5) is 15.6. The van der Waals surface area contributed by atoms with E-state index in [1.165, 1.54) is 29.4 Å². The number of hydrogen-bond donors (Lipinski definition) is 2. The topological polar surface area (TPSA) is 54.0 Å². The minimum absolute atomic E-state index is 0.0765. The zero-order valence-corrected chi connectivity index (χ0v) is 19.9. The second-order valence-electron chi connectivity index (χ2n) is 10.0. The molecule has 0 aliphatic heterocycles. The van der Waals surface area contributed by atoms with Gasteiger partial charge in [0.2, 0.25) is 5.91 Å². The maximum absolute atomic E-state index is 11.1. The number of nitrogens with zero attached hydrogens (tertiary/aromatic N) is 1. The lowest BCUT2D eigenvalue weighted by Gasteiger charge is -2.41. The van der Waals surface area contributed by atoms with Crippen molar-refractivity contribution in [2.45, 2.75) is 73.8 Å². The van der Waals surface area contributed by atoms with E-state index in [0.29, 0.717) is 11.2 Å². The van der Waals surface area contributed by atoms with E-state index >= 15 is 0 Å². The Hall–Kier alpha value is -1.72. The molecule has 2 rings (SSSR count). The number of aryl methyl sites for hydroxylation is 2. The first-order valence-electron chi connectivity index (χ1n) is 10.5. The first-order chi connectivity index (χ1) is 13.4. The van der Waals surface area contributed by atoms with Gasteiger partial charge in [0, 0.05) is 18.3 Å². The fourth-order valence-corrected chi connectivity index (χ4v) is 4.91. The zero-order valence-electron chi connectivity index (χ0n) is 19.1. The van der Waals surface area contributed by atoms with Crippen LogP contribution < -0.4 is 10.6 Å². The predicted octanol–water partition coefficient (Wildman–Crippen LogP) is 5.48. The van der Waals surface area contributed by atoms with Crippen LogP contribution in [0.3, 0.4) is 0 Å². The normalized spacial score (nSPS) is 12.4. The van der Waals surface area contributed by atoms with Gasteiger partial charge in [-0.1, -0.05) is 65.8 Å². The lowest BCUT2D eigenvalue weighted by atomic mass is 9.72. The Morgan fingerprint density at radius 1 is 1.03 bits per heavy atom. The lowest BCUT2D eigenvalue weighted by Crippen LogP contribution is -2.49. The Kier molecular flexibility index (Phi) is 8.01. The van der Waals surface area contributed by atoms with E-state index in [-0.39, 0.29) is 16.7 Å². The van der Waals surface area contributed by atoms with Crippen LogP contribution in [0.1, 0.15) is 65.3 Å². The standard InChI is InChI=1S/C24H37N3OS/c1-17(28)26-22-27-20(16-29-22)12-11-18-9-8-10-19(15-18)13-14-25-21(23(2,3)4)24(5,6)7/h8-10,15-16,21,25H,11-14H2,1-7H3,(H,26,27,28). The molecule has 4 nitrogen and oxygen atoms in total. The molecule has 0 radical (unpaired) electrons. The summed E-state index contributed by atoms with van der Waals surface area (Å²) in [7, 11) is 0. The van der Waals surface area contributed by atoms with E-state index in [9.17, 15) is 4.79 Å². The average Bonchev–Trinajstić information content (AvgIpc) is 3.01. The van der Waals surface area contributed by atoms with Crippen molar-refractivity contribution >= 4 is 22.4 Å². The van der Waals surface area contributed by atoms with E-state index in [2.05, 4.69) is 81.4 Å². The van der Waals surface area contributed by atoms with E-state index in [1.54, 1.807) is 0 Å². The minimum atomic E-state index is -0.0765. The number of aromatic nitrogens is 1. The molecular weight excluding hydrogens is 378 g/mol. The fraction of sp³-hybridized carbons (Fsp3) is 0.583. The van der Waals surface area contributed by atoms with Gasteiger partial charge in [0.05, 0.1) is 5.69 Å². The second kappa shape index (κ2) is 9.86. The van der Waals surface area contributed by atoms with Crippen molar-refractivity contribution in [3.8, 4) is 0 Å². The first kappa shape index (κ1) is 23.6. The molecule has 0 fully saturated rings. The van der Waals surface area contributed by atoms with Crippen molar-refractivity contribution in [2.75, 3.05) is 11.9 Å². The highest BCUT2D eigenvalue weighted by atomic mass is 32.1. The Bertz CT molecular complexity index is 785. The summed E-state index contributed by atoms with van der Waals surface area (Å²) in [6.07, 6.45) is 2.87. The smallest absolute Gasteiger partial charge is 0.223 e. The summed E-state index contributed by atoms with van der Waals surface area (Å²) >= 11 is 1.48. The molecule has 1 heterocycles. The zero-order chi connectivity index (χ0) is 21.7. The maximum atomic E-state index is 11.1. The molecule has 0 saturated carbocycles. The monoisotopic (exact) mass is 415 g/mol. The summed E-state index contributed by atoms with van der Waals surface area (Å²) in [5.41, 5.74) is 4.19. The van der Waals surface area contributed by atoms with Gasteiger partial charge < -0.3 is 10.6 Å². The minimum Gasteiger partial charge on any atom is -0.313 e. The molecule has 0 atom stereocenters.